The highest BCUT2D eigenvalue weighted by Crippen LogP contribution is 2.41. The van der Waals surface area contributed by atoms with Crippen molar-refractivity contribution in [1.82, 2.24) is 4.98 Å². The normalized spacial score (nSPS) is 21.3. The molecule has 1 saturated heterocycles. The molecule has 6 nitrogen and oxygen atoms in total. The van der Waals surface area contributed by atoms with Crippen LogP contribution < -0.4 is 4.31 Å². The lowest BCUT2D eigenvalue weighted by Crippen LogP contribution is -2.45. The molecule has 8 heteroatoms. The second kappa shape index (κ2) is 11.6. The Labute approximate surface area is 237 Å². The average Bonchev–Trinajstić information content (AvgIpc) is 2.80. The number of carbonyl (C=O) groups excluding carboxylic acids is 1. The SMILES string of the molecule is CC(C)c1nc2c(c(-c3ccc(F)cc3)c1/C=C/[C@@H]1C[C@H](CC(=O)OC(C)(C)C)OC(C)(C)O1)CCCN2S. The first kappa shape index (κ1) is 29.6. The van der Waals surface area contributed by atoms with Gasteiger partial charge in [-0.2, -0.15) is 0 Å². The summed E-state index contributed by atoms with van der Waals surface area (Å²) < 4.78 is 33.6. The molecular weight excluding hydrogens is 515 g/mol. The van der Waals surface area contributed by atoms with Crippen LogP contribution in [0.2, 0.25) is 0 Å². The van der Waals surface area contributed by atoms with E-state index in [1.54, 1.807) is 0 Å². The number of rotatable bonds is 6. The minimum atomic E-state index is -0.860. The second-order valence-electron chi connectivity index (χ2n) is 12.2. The highest BCUT2D eigenvalue weighted by molar-refractivity contribution is 7.81. The molecule has 0 N–H and O–H groups in total. The van der Waals surface area contributed by atoms with E-state index < -0.39 is 11.4 Å². The van der Waals surface area contributed by atoms with Gasteiger partial charge in [0.2, 0.25) is 0 Å². The van der Waals surface area contributed by atoms with E-state index in [0.717, 1.165) is 53.2 Å². The van der Waals surface area contributed by atoms with Crippen LogP contribution in [0.1, 0.15) is 90.5 Å². The Morgan fingerprint density at radius 3 is 2.59 bits per heavy atom. The number of ether oxygens (including phenoxy) is 3. The van der Waals surface area contributed by atoms with Crippen LogP contribution in [0.3, 0.4) is 0 Å². The van der Waals surface area contributed by atoms with Crippen LogP contribution in [0.15, 0.2) is 30.3 Å². The van der Waals surface area contributed by atoms with Crippen molar-refractivity contribution in [1.29, 1.82) is 0 Å². The number of hydrogen-bond acceptors (Lipinski definition) is 7. The number of benzene rings is 1. The van der Waals surface area contributed by atoms with Gasteiger partial charge in [0.25, 0.3) is 0 Å². The standard InChI is InChI=1S/C31H41FN2O4S/c1-19(2)28-24(15-14-22-17-23(37-31(6,7)36-22)18-26(35)38-30(3,4)5)27(20-10-12-21(32)13-11-20)25-9-8-16-34(39)29(25)33-28/h10-15,19,22-23,39H,8-9,16-18H2,1-7H3/b15-14+/t22-,23-/m1/s1. The van der Waals surface area contributed by atoms with Crippen molar-refractivity contribution in [3.05, 3.63) is 53.0 Å². The van der Waals surface area contributed by atoms with Gasteiger partial charge in [0.15, 0.2) is 5.79 Å². The predicted molar refractivity (Wildman–Crippen MR) is 156 cm³/mol. The van der Waals surface area contributed by atoms with Crippen LogP contribution in [0.25, 0.3) is 17.2 Å². The van der Waals surface area contributed by atoms with Crippen molar-refractivity contribution < 1.29 is 23.4 Å². The van der Waals surface area contributed by atoms with Gasteiger partial charge in [0.05, 0.1) is 24.3 Å². The number of thiol groups is 1. The van der Waals surface area contributed by atoms with Crippen LogP contribution >= 0.6 is 12.8 Å². The molecule has 0 amide bonds. The largest absolute Gasteiger partial charge is 0.460 e. The van der Waals surface area contributed by atoms with E-state index in [9.17, 15) is 9.18 Å². The fraction of sp³-hybridized carbons (Fsp3) is 0.548. The maximum atomic E-state index is 13.9. The van der Waals surface area contributed by atoms with Crippen LogP contribution in [-0.2, 0) is 25.4 Å². The molecule has 1 aromatic heterocycles. The molecule has 1 fully saturated rings. The summed E-state index contributed by atoms with van der Waals surface area (Å²) in [6.07, 6.45) is 6.00. The van der Waals surface area contributed by atoms with Crippen LogP contribution in [-0.4, -0.2) is 41.1 Å². The molecule has 0 aliphatic carbocycles. The topological polar surface area (TPSA) is 60.9 Å². The molecule has 1 aromatic carbocycles. The van der Waals surface area contributed by atoms with E-state index >= 15 is 0 Å². The lowest BCUT2D eigenvalue weighted by molar-refractivity contribution is -0.290. The number of fused-ring (bicyclic) bond motifs is 1. The molecule has 39 heavy (non-hydrogen) atoms. The average molecular weight is 557 g/mol. The quantitative estimate of drug-likeness (QED) is 0.298. The smallest absolute Gasteiger partial charge is 0.308 e. The van der Waals surface area contributed by atoms with Crippen LogP contribution in [0.5, 0.6) is 0 Å². The fourth-order valence-electron chi connectivity index (χ4n) is 5.33. The molecule has 2 aromatic rings. The summed E-state index contributed by atoms with van der Waals surface area (Å²) in [4.78, 5) is 17.6. The van der Waals surface area contributed by atoms with E-state index in [0.29, 0.717) is 6.42 Å². The summed E-state index contributed by atoms with van der Waals surface area (Å²) in [5.41, 5.74) is 4.50. The molecule has 212 valence electrons. The van der Waals surface area contributed by atoms with Gasteiger partial charge in [-0.05, 0) is 76.6 Å². The lowest BCUT2D eigenvalue weighted by Gasteiger charge is -2.40. The summed E-state index contributed by atoms with van der Waals surface area (Å²) in [6.45, 7) is 14.4. The monoisotopic (exact) mass is 556 g/mol. The van der Waals surface area contributed by atoms with Crippen molar-refractivity contribution >= 4 is 30.7 Å². The van der Waals surface area contributed by atoms with Gasteiger partial charge in [-0.25, -0.2) is 9.37 Å². The molecule has 0 unspecified atom stereocenters. The van der Waals surface area contributed by atoms with Gasteiger partial charge in [0, 0.05) is 24.1 Å². The van der Waals surface area contributed by atoms with E-state index in [2.05, 4.69) is 19.9 Å². The number of carbonyl (C=O) groups is 1. The van der Waals surface area contributed by atoms with Gasteiger partial charge in [-0.1, -0.05) is 50.9 Å². The van der Waals surface area contributed by atoms with E-state index in [-0.39, 0.29) is 36.3 Å². The lowest BCUT2D eigenvalue weighted by atomic mass is 9.87. The first-order chi connectivity index (χ1) is 18.2. The Hall–Kier alpha value is -2.42. The van der Waals surface area contributed by atoms with E-state index in [4.69, 9.17) is 32.0 Å². The van der Waals surface area contributed by atoms with Crippen molar-refractivity contribution in [2.45, 2.75) is 104 Å². The molecule has 0 radical (unpaired) electrons. The van der Waals surface area contributed by atoms with Gasteiger partial charge in [-0.3, -0.25) is 4.79 Å². The maximum Gasteiger partial charge on any atom is 0.308 e. The second-order valence-corrected chi connectivity index (χ2v) is 12.6. The van der Waals surface area contributed by atoms with E-state index in [1.807, 2.05) is 57.1 Å². The third-order valence-electron chi connectivity index (χ3n) is 6.74. The van der Waals surface area contributed by atoms with Crippen molar-refractivity contribution in [3.8, 4) is 11.1 Å². The van der Waals surface area contributed by atoms with E-state index in [1.165, 1.54) is 12.1 Å². The number of esters is 1. The highest BCUT2D eigenvalue weighted by atomic mass is 32.1. The zero-order valence-corrected chi connectivity index (χ0v) is 25.0. The van der Waals surface area contributed by atoms with Gasteiger partial charge < -0.3 is 18.5 Å². The third kappa shape index (κ3) is 7.41. The van der Waals surface area contributed by atoms with Gasteiger partial charge >= 0.3 is 5.97 Å². The summed E-state index contributed by atoms with van der Waals surface area (Å²) in [6, 6.07) is 6.65. The number of hydrogen-bond donors (Lipinski definition) is 1. The Bertz CT molecular complexity index is 1220. The molecule has 4 rings (SSSR count). The highest BCUT2D eigenvalue weighted by Gasteiger charge is 2.36. The first-order valence-electron chi connectivity index (χ1n) is 13.8. The molecule has 0 saturated carbocycles. The predicted octanol–water partition coefficient (Wildman–Crippen LogP) is 7.26. The van der Waals surface area contributed by atoms with Crippen molar-refractivity contribution in [2.75, 3.05) is 10.8 Å². The summed E-state index contributed by atoms with van der Waals surface area (Å²) in [7, 11) is 0. The fourth-order valence-corrected chi connectivity index (χ4v) is 5.63. The number of anilines is 1. The first-order valence-corrected chi connectivity index (χ1v) is 14.2. The molecule has 0 spiro atoms. The molecule has 2 atom stereocenters. The van der Waals surface area contributed by atoms with Crippen LogP contribution in [0, 0.1) is 5.82 Å². The summed E-state index contributed by atoms with van der Waals surface area (Å²) in [5.74, 6) is -0.409. The third-order valence-corrected chi connectivity index (χ3v) is 7.13. The van der Waals surface area contributed by atoms with Crippen molar-refractivity contribution in [2.24, 2.45) is 0 Å². The van der Waals surface area contributed by atoms with Gasteiger partial charge in [-0.15, -0.1) is 0 Å². The zero-order chi connectivity index (χ0) is 28.5. The number of pyridine rings is 1. The maximum absolute atomic E-state index is 13.9. The molecular formula is C31H41FN2O4S. The molecule has 2 aliphatic rings. The summed E-state index contributed by atoms with van der Waals surface area (Å²) in [5, 5.41) is 0. The number of nitrogens with zero attached hydrogens (tertiary/aromatic N) is 2. The molecule has 0 bridgehead atoms. The summed E-state index contributed by atoms with van der Waals surface area (Å²) >= 11 is 4.70. The van der Waals surface area contributed by atoms with Crippen molar-refractivity contribution in [3.63, 3.8) is 0 Å². The Kier molecular flexibility index (Phi) is 8.79. The Morgan fingerprint density at radius 2 is 1.95 bits per heavy atom. The zero-order valence-electron chi connectivity index (χ0n) is 24.1. The minimum Gasteiger partial charge on any atom is -0.460 e. The number of halogens is 1. The number of aromatic nitrogens is 1. The molecule has 2 aliphatic heterocycles. The Balaban J connectivity index is 1.72. The minimum absolute atomic E-state index is 0.143. The molecule has 3 heterocycles. The van der Waals surface area contributed by atoms with Crippen LogP contribution in [0.4, 0.5) is 10.2 Å². The van der Waals surface area contributed by atoms with Gasteiger partial charge in [0.1, 0.15) is 17.2 Å². The Morgan fingerprint density at radius 1 is 1.26 bits per heavy atom.